The van der Waals surface area contributed by atoms with Crippen molar-refractivity contribution in [2.45, 2.75) is 33.2 Å². The van der Waals surface area contributed by atoms with E-state index in [1.54, 1.807) is 18.2 Å². The van der Waals surface area contributed by atoms with Crippen LogP contribution in [0, 0.1) is 13.5 Å². The normalized spacial score (nSPS) is 16.3. The number of carbonyl (C=O) groups excluding carboxylic acids is 2. The van der Waals surface area contributed by atoms with Crippen molar-refractivity contribution in [2.75, 3.05) is 18.0 Å². The fraction of sp³-hybridized carbons (Fsp3) is 0.412. The highest BCUT2D eigenvalue weighted by Gasteiger charge is 2.49. The third kappa shape index (κ3) is 3.10. The molecule has 0 bridgehead atoms. The number of amides is 2. The number of aryl methyl sites for hydroxylation is 1. The second kappa shape index (κ2) is 6.57. The Morgan fingerprint density at radius 3 is 2.62 bits per heavy atom. The first-order valence-corrected chi connectivity index (χ1v) is 7.99. The summed E-state index contributed by atoms with van der Waals surface area (Å²) in [4.78, 5) is 30.7. The average molecular weight is 344 g/mol. The van der Waals surface area contributed by atoms with E-state index in [9.17, 15) is 9.59 Å². The monoisotopic (exact) mass is 344 g/mol. The summed E-state index contributed by atoms with van der Waals surface area (Å²) in [5.74, 6) is -0.239. The van der Waals surface area contributed by atoms with Gasteiger partial charge in [-0.1, -0.05) is 6.07 Å². The van der Waals surface area contributed by atoms with Crippen molar-refractivity contribution in [2.24, 2.45) is 0 Å². The molecule has 6 nitrogen and oxygen atoms in total. The molecule has 0 radical (unpaired) electrons. The SMILES string of the molecule is [C-]#[N+]c1ccc(N2C(=O)C(C)(C)N(CCNC(C)=O)C2=S)cc1C. The van der Waals surface area contributed by atoms with Gasteiger partial charge in [-0.3, -0.25) is 14.5 Å². The highest BCUT2D eigenvalue weighted by molar-refractivity contribution is 7.80. The Kier molecular flexibility index (Phi) is 4.90. The van der Waals surface area contributed by atoms with Crippen LogP contribution in [-0.4, -0.2) is 40.5 Å². The van der Waals surface area contributed by atoms with Crippen LogP contribution in [0.5, 0.6) is 0 Å². The maximum atomic E-state index is 12.9. The molecular formula is C17H20N4O2S. The van der Waals surface area contributed by atoms with Crippen LogP contribution in [0.3, 0.4) is 0 Å². The molecule has 1 heterocycles. The van der Waals surface area contributed by atoms with Gasteiger partial charge in [-0.15, -0.1) is 0 Å². The first kappa shape index (κ1) is 17.9. The van der Waals surface area contributed by atoms with E-state index < -0.39 is 5.54 Å². The lowest BCUT2D eigenvalue weighted by Crippen LogP contribution is -2.47. The molecular weight excluding hydrogens is 324 g/mol. The molecule has 2 rings (SSSR count). The maximum Gasteiger partial charge on any atom is 0.258 e. The van der Waals surface area contributed by atoms with Crippen LogP contribution in [0.25, 0.3) is 4.85 Å². The Bertz CT molecular complexity index is 751. The lowest BCUT2D eigenvalue weighted by molar-refractivity contribution is -0.123. The van der Waals surface area contributed by atoms with E-state index in [1.807, 2.05) is 25.7 Å². The van der Waals surface area contributed by atoms with Crippen LogP contribution in [0.2, 0.25) is 0 Å². The summed E-state index contributed by atoms with van der Waals surface area (Å²) in [7, 11) is 0. The lowest BCUT2D eigenvalue weighted by Gasteiger charge is -2.29. The van der Waals surface area contributed by atoms with Crippen molar-refractivity contribution < 1.29 is 9.59 Å². The Labute approximate surface area is 147 Å². The predicted octanol–water partition coefficient (Wildman–Crippen LogP) is 2.39. The zero-order valence-corrected chi connectivity index (χ0v) is 15.0. The van der Waals surface area contributed by atoms with Gasteiger partial charge in [0.15, 0.2) is 10.8 Å². The largest absolute Gasteiger partial charge is 0.355 e. The van der Waals surface area contributed by atoms with Gasteiger partial charge >= 0.3 is 0 Å². The molecule has 1 saturated heterocycles. The molecule has 1 fully saturated rings. The third-order valence-corrected chi connectivity index (χ3v) is 4.49. The molecule has 0 saturated carbocycles. The van der Waals surface area contributed by atoms with Gasteiger partial charge < -0.3 is 10.2 Å². The summed E-state index contributed by atoms with van der Waals surface area (Å²) in [6.45, 7) is 14.9. The van der Waals surface area contributed by atoms with Crippen molar-refractivity contribution in [1.82, 2.24) is 10.2 Å². The maximum absolute atomic E-state index is 12.9. The zero-order chi connectivity index (χ0) is 18.1. The molecule has 126 valence electrons. The van der Waals surface area contributed by atoms with Crippen LogP contribution < -0.4 is 10.2 Å². The zero-order valence-electron chi connectivity index (χ0n) is 14.2. The van der Waals surface area contributed by atoms with E-state index in [-0.39, 0.29) is 11.8 Å². The van der Waals surface area contributed by atoms with Gasteiger partial charge in [0.1, 0.15) is 5.54 Å². The first-order chi connectivity index (χ1) is 11.2. The van der Waals surface area contributed by atoms with E-state index in [0.717, 1.165) is 5.56 Å². The number of anilines is 1. The molecule has 0 spiro atoms. The number of benzene rings is 1. The summed E-state index contributed by atoms with van der Waals surface area (Å²) in [5, 5.41) is 3.13. The topological polar surface area (TPSA) is 57.0 Å². The summed E-state index contributed by atoms with van der Waals surface area (Å²) >= 11 is 5.51. The highest BCUT2D eigenvalue weighted by atomic mass is 32.1. The molecule has 7 heteroatoms. The Morgan fingerprint density at radius 2 is 2.08 bits per heavy atom. The number of hydrogen-bond donors (Lipinski definition) is 1. The minimum absolute atomic E-state index is 0.119. The Balaban J connectivity index is 2.30. The number of nitrogens with zero attached hydrogens (tertiary/aromatic N) is 3. The van der Waals surface area contributed by atoms with Gasteiger partial charge in [0.25, 0.3) is 5.91 Å². The summed E-state index contributed by atoms with van der Waals surface area (Å²) < 4.78 is 0. The van der Waals surface area contributed by atoms with E-state index in [2.05, 4.69) is 10.2 Å². The van der Waals surface area contributed by atoms with E-state index in [1.165, 1.54) is 11.8 Å². The Morgan fingerprint density at radius 1 is 1.42 bits per heavy atom. The molecule has 1 aliphatic rings. The van der Waals surface area contributed by atoms with Gasteiger partial charge in [-0.05, 0) is 50.7 Å². The van der Waals surface area contributed by atoms with Gasteiger partial charge in [0.2, 0.25) is 5.91 Å². The number of rotatable bonds is 4. The number of hydrogen-bond acceptors (Lipinski definition) is 3. The molecule has 24 heavy (non-hydrogen) atoms. The van der Waals surface area contributed by atoms with E-state index >= 15 is 0 Å². The van der Waals surface area contributed by atoms with Crippen LogP contribution in [0.15, 0.2) is 18.2 Å². The fourth-order valence-electron chi connectivity index (χ4n) is 2.69. The highest BCUT2D eigenvalue weighted by Crippen LogP contribution is 2.33. The van der Waals surface area contributed by atoms with Crippen LogP contribution >= 0.6 is 12.2 Å². The summed E-state index contributed by atoms with van der Waals surface area (Å²) in [6.07, 6.45) is 0. The van der Waals surface area contributed by atoms with Crippen LogP contribution in [0.4, 0.5) is 11.4 Å². The average Bonchev–Trinajstić information content (AvgIpc) is 2.66. The van der Waals surface area contributed by atoms with Crippen molar-refractivity contribution in [1.29, 1.82) is 0 Å². The Hall–Kier alpha value is -2.46. The van der Waals surface area contributed by atoms with Gasteiger partial charge in [0.05, 0.1) is 6.57 Å². The van der Waals surface area contributed by atoms with Gasteiger partial charge in [-0.2, -0.15) is 0 Å². The molecule has 1 N–H and O–H groups in total. The predicted molar refractivity (Wildman–Crippen MR) is 97.0 cm³/mol. The molecule has 0 unspecified atom stereocenters. The molecule has 0 atom stereocenters. The third-order valence-electron chi connectivity index (χ3n) is 4.09. The number of nitrogens with one attached hydrogen (secondary N) is 1. The van der Waals surface area contributed by atoms with E-state index in [4.69, 9.17) is 18.8 Å². The van der Waals surface area contributed by atoms with Crippen molar-refractivity contribution in [3.63, 3.8) is 0 Å². The van der Waals surface area contributed by atoms with Gasteiger partial charge in [-0.25, -0.2) is 4.85 Å². The standard InChI is InChI=1S/C17H20N4O2S/c1-11-10-13(6-7-14(11)18-5)21-15(23)17(3,4)20(16(21)24)9-8-19-12(2)22/h6-7,10H,8-9H2,1-4H3,(H,19,22). The molecule has 0 aliphatic carbocycles. The van der Waals surface area contributed by atoms with E-state index in [0.29, 0.717) is 29.6 Å². The minimum atomic E-state index is -0.790. The quantitative estimate of drug-likeness (QED) is 0.673. The minimum Gasteiger partial charge on any atom is -0.355 e. The molecule has 0 aromatic heterocycles. The van der Waals surface area contributed by atoms with Crippen LogP contribution in [-0.2, 0) is 9.59 Å². The van der Waals surface area contributed by atoms with Gasteiger partial charge in [0, 0.05) is 25.7 Å². The molecule has 1 aromatic rings. The number of thiocarbonyl (C=S) groups is 1. The van der Waals surface area contributed by atoms with Crippen molar-refractivity contribution >= 4 is 40.5 Å². The lowest BCUT2D eigenvalue weighted by atomic mass is 10.0. The summed E-state index contributed by atoms with van der Waals surface area (Å²) in [6, 6.07) is 5.23. The molecule has 1 aromatic carbocycles. The summed E-state index contributed by atoms with van der Waals surface area (Å²) in [5.41, 5.74) is 1.22. The molecule has 2 amide bonds. The second-order valence-corrected chi connectivity index (χ2v) is 6.56. The molecule has 1 aliphatic heterocycles. The van der Waals surface area contributed by atoms with Crippen LogP contribution in [0.1, 0.15) is 26.3 Å². The second-order valence-electron chi connectivity index (χ2n) is 6.20. The van der Waals surface area contributed by atoms with Crippen molar-refractivity contribution in [3.05, 3.63) is 35.2 Å². The smallest absolute Gasteiger partial charge is 0.258 e. The fourth-order valence-corrected chi connectivity index (χ4v) is 3.19. The first-order valence-electron chi connectivity index (χ1n) is 7.59. The van der Waals surface area contributed by atoms with Crippen molar-refractivity contribution in [3.8, 4) is 0 Å². The number of carbonyl (C=O) groups is 2.